The van der Waals surface area contributed by atoms with Crippen LogP contribution in [0.15, 0.2) is 22.9 Å². The number of carbonyl (C=O) groups excluding carboxylic acids is 1. The van der Waals surface area contributed by atoms with Gasteiger partial charge in [0.1, 0.15) is 4.60 Å². The number of nitrogens with zero attached hydrogens (tertiary/aromatic N) is 1. The molecule has 4 nitrogen and oxygen atoms in total. The zero-order chi connectivity index (χ0) is 14.6. The molecule has 1 aromatic heterocycles. The smallest absolute Gasteiger partial charge is 0.252 e. The van der Waals surface area contributed by atoms with Crippen molar-refractivity contribution in [3.8, 4) is 0 Å². The minimum absolute atomic E-state index is 0.184. The van der Waals surface area contributed by atoms with Gasteiger partial charge in [-0.3, -0.25) is 4.79 Å². The van der Waals surface area contributed by atoms with Crippen molar-refractivity contribution in [2.75, 3.05) is 6.54 Å². The predicted molar refractivity (Wildman–Crippen MR) is 81.5 cm³/mol. The van der Waals surface area contributed by atoms with Gasteiger partial charge in [-0.2, -0.15) is 0 Å². The van der Waals surface area contributed by atoms with Gasteiger partial charge in [0.05, 0.1) is 11.2 Å². The Morgan fingerprint density at radius 2 is 2.20 bits per heavy atom. The number of aliphatic hydroxyl groups is 1. The molecule has 0 radical (unpaired) electrons. The molecule has 1 amide bonds. The van der Waals surface area contributed by atoms with Gasteiger partial charge in [0.25, 0.3) is 5.91 Å². The van der Waals surface area contributed by atoms with Crippen molar-refractivity contribution >= 4 is 21.8 Å². The lowest BCUT2D eigenvalue weighted by Crippen LogP contribution is -2.45. The number of nitrogens with one attached hydrogen (secondary N) is 1. The summed E-state index contributed by atoms with van der Waals surface area (Å²) in [6.07, 6.45) is 6.32. The Bertz CT molecular complexity index is 453. The Morgan fingerprint density at radius 1 is 1.50 bits per heavy atom. The zero-order valence-corrected chi connectivity index (χ0v) is 13.3. The third kappa shape index (κ3) is 4.03. The molecule has 5 heteroatoms. The van der Waals surface area contributed by atoms with Crippen molar-refractivity contribution in [1.82, 2.24) is 10.3 Å². The molecule has 0 atom stereocenters. The van der Waals surface area contributed by atoms with Crippen LogP contribution in [0.3, 0.4) is 0 Å². The Labute approximate surface area is 128 Å². The Balaban J connectivity index is 1.85. The quantitative estimate of drug-likeness (QED) is 0.828. The van der Waals surface area contributed by atoms with Crippen LogP contribution in [-0.4, -0.2) is 28.1 Å². The molecule has 0 spiro atoms. The molecule has 1 aromatic rings. The van der Waals surface area contributed by atoms with Crippen LogP contribution in [-0.2, 0) is 0 Å². The molecule has 1 aliphatic carbocycles. The highest BCUT2D eigenvalue weighted by molar-refractivity contribution is 9.10. The van der Waals surface area contributed by atoms with E-state index in [2.05, 4.69) is 33.2 Å². The lowest BCUT2D eigenvalue weighted by atomic mass is 9.78. The summed E-state index contributed by atoms with van der Waals surface area (Å²) in [6, 6.07) is 3.44. The zero-order valence-electron chi connectivity index (χ0n) is 11.7. The first-order chi connectivity index (χ1) is 9.52. The Hall–Kier alpha value is -0.940. The summed E-state index contributed by atoms with van der Waals surface area (Å²) in [7, 11) is 0. The second-order valence-corrected chi connectivity index (χ2v) is 6.44. The van der Waals surface area contributed by atoms with Crippen LogP contribution in [0.25, 0.3) is 0 Å². The lowest BCUT2D eigenvalue weighted by molar-refractivity contribution is -0.00786. The molecule has 1 saturated carbocycles. The SMILES string of the molecule is CCC1CCC(O)(CNC(=O)c2ccc(Br)nc2)CC1. The van der Waals surface area contributed by atoms with Gasteiger partial charge in [0, 0.05) is 12.7 Å². The van der Waals surface area contributed by atoms with Gasteiger partial charge < -0.3 is 10.4 Å². The Kier molecular flexibility index (Phi) is 5.16. The summed E-state index contributed by atoms with van der Waals surface area (Å²) in [6.45, 7) is 2.51. The molecule has 0 aromatic carbocycles. The third-order valence-electron chi connectivity index (χ3n) is 4.18. The van der Waals surface area contributed by atoms with Gasteiger partial charge in [-0.1, -0.05) is 13.3 Å². The van der Waals surface area contributed by atoms with Gasteiger partial charge in [-0.15, -0.1) is 0 Å². The molecule has 1 fully saturated rings. The van der Waals surface area contributed by atoms with Crippen molar-refractivity contribution in [3.63, 3.8) is 0 Å². The first-order valence-electron chi connectivity index (χ1n) is 7.14. The number of rotatable bonds is 4. The van der Waals surface area contributed by atoms with Crippen LogP contribution in [0.4, 0.5) is 0 Å². The van der Waals surface area contributed by atoms with Crippen LogP contribution in [0.2, 0.25) is 0 Å². The van der Waals surface area contributed by atoms with E-state index in [1.807, 2.05) is 0 Å². The number of hydrogen-bond donors (Lipinski definition) is 2. The number of aromatic nitrogens is 1. The van der Waals surface area contributed by atoms with E-state index in [4.69, 9.17) is 0 Å². The summed E-state index contributed by atoms with van der Waals surface area (Å²) < 4.78 is 0.700. The summed E-state index contributed by atoms with van der Waals surface area (Å²) in [5.74, 6) is 0.540. The number of hydrogen-bond acceptors (Lipinski definition) is 3. The fraction of sp³-hybridized carbons (Fsp3) is 0.600. The molecule has 1 aliphatic rings. The topological polar surface area (TPSA) is 62.2 Å². The summed E-state index contributed by atoms with van der Waals surface area (Å²) in [5, 5.41) is 13.3. The number of pyridine rings is 1. The van der Waals surface area contributed by atoms with E-state index in [-0.39, 0.29) is 5.91 Å². The van der Waals surface area contributed by atoms with Crippen LogP contribution in [0, 0.1) is 5.92 Å². The van der Waals surface area contributed by atoms with Gasteiger partial charge in [-0.05, 0) is 59.7 Å². The van der Waals surface area contributed by atoms with E-state index < -0.39 is 5.60 Å². The molecule has 0 unspecified atom stereocenters. The molecular formula is C15H21BrN2O2. The van der Waals surface area contributed by atoms with E-state index in [1.54, 1.807) is 12.1 Å². The number of carbonyl (C=O) groups is 1. The monoisotopic (exact) mass is 340 g/mol. The van der Waals surface area contributed by atoms with E-state index in [0.717, 1.165) is 31.6 Å². The largest absolute Gasteiger partial charge is 0.388 e. The highest BCUT2D eigenvalue weighted by atomic mass is 79.9. The molecule has 1 heterocycles. The molecule has 20 heavy (non-hydrogen) atoms. The summed E-state index contributed by atoms with van der Waals surface area (Å²) in [5.41, 5.74) is -0.233. The minimum Gasteiger partial charge on any atom is -0.388 e. The van der Waals surface area contributed by atoms with Crippen LogP contribution >= 0.6 is 15.9 Å². The summed E-state index contributed by atoms with van der Waals surface area (Å²) >= 11 is 3.23. The number of halogens is 1. The van der Waals surface area contributed by atoms with Crippen molar-refractivity contribution in [2.45, 2.75) is 44.6 Å². The maximum atomic E-state index is 12.0. The van der Waals surface area contributed by atoms with Crippen LogP contribution in [0.5, 0.6) is 0 Å². The Morgan fingerprint density at radius 3 is 2.75 bits per heavy atom. The average molecular weight is 341 g/mol. The van der Waals surface area contributed by atoms with Gasteiger partial charge in [-0.25, -0.2) is 4.98 Å². The van der Waals surface area contributed by atoms with Crippen molar-refractivity contribution in [1.29, 1.82) is 0 Å². The van der Waals surface area contributed by atoms with Gasteiger partial charge >= 0.3 is 0 Å². The maximum Gasteiger partial charge on any atom is 0.252 e. The molecule has 2 rings (SSSR count). The molecular weight excluding hydrogens is 320 g/mol. The van der Waals surface area contributed by atoms with E-state index in [0.29, 0.717) is 16.7 Å². The highest BCUT2D eigenvalue weighted by Crippen LogP contribution is 2.33. The fourth-order valence-corrected chi connectivity index (χ4v) is 2.89. The first-order valence-corrected chi connectivity index (χ1v) is 7.94. The van der Waals surface area contributed by atoms with E-state index in [9.17, 15) is 9.90 Å². The maximum absolute atomic E-state index is 12.0. The van der Waals surface area contributed by atoms with Crippen molar-refractivity contribution in [3.05, 3.63) is 28.5 Å². The highest BCUT2D eigenvalue weighted by Gasteiger charge is 2.32. The molecule has 110 valence electrons. The van der Waals surface area contributed by atoms with Crippen LogP contribution < -0.4 is 5.32 Å². The third-order valence-corrected chi connectivity index (χ3v) is 4.65. The van der Waals surface area contributed by atoms with Crippen molar-refractivity contribution < 1.29 is 9.90 Å². The van der Waals surface area contributed by atoms with Gasteiger partial charge in [0.15, 0.2) is 0 Å². The standard InChI is InChI=1S/C15H21BrN2O2/c1-2-11-5-7-15(20,8-6-11)10-18-14(19)12-3-4-13(16)17-9-12/h3-4,9,11,20H,2,5-8,10H2,1H3,(H,18,19). The molecule has 0 aliphatic heterocycles. The number of amides is 1. The van der Waals surface area contributed by atoms with E-state index >= 15 is 0 Å². The minimum atomic E-state index is -0.746. The van der Waals surface area contributed by atoms with Crippen LogP contribution in [0.1, 0.15) is 49.4 Å². The molecule has 0 bridgehead atoms. The lowest BCUT2D eigenvalue weighted by Gasteiger charge is -2.35. The molecule has 0 saturated heterocycles. The first kappa shape index (κ1) is 15.4. The van der Waals surface area contributed by atoms with E-state index in [1.165, 1.54) is 12.6 Å². The normalized spacial score (nSPS) is 26.2. The second kappa shape index (κ2) is 6.68. The van der Waals surface area contributed by atoms with Gasteiger partial charge in [0.2, 0.25) is 0 Å². The van der Waals surface area contributed by atoms with Crippen molar-refractivity contribution in [2.24, 2.45) is 5.92 Å². The predicted octanol–water partition coefficient (Wildman–Crippen LogP) is 2.91. The second-order valence-electron chi connectivity index (χ2n) is 5.63. The summed E-state index contributed by atoms with van der Waals surface area (Å²) in [4.78, 5) is 16.0. The fourth-order valence-electron chi connectivity index (χ4n) is 2.66. The molecule has 2 N–H and O–H groups in total. The average Bonchev–Trinajstić information content (AvgIpc) is 2.46.